The van der Waals surface area contributed by atoms with E-state index in [1.54, 1.807) is 12.1 Å². The van der Waals surface area contributed by atoms with Gasteiger partial charge >= 0.3 is 0 Å². The molecule has 3 rings (SSSR count). The van der Waals surface area contributed by atoms with Gasteiger partial charge in [-0.1, -0.05) is 29.0 Å². The molecule has 0 fully saturated rings. The van der Waals surface area contributed by atoms with Gasteiger partial charge in [-0.05, 0) is 38.4 Å². The molecule has 0 saturated carbocycles. The van der Waals surface area contributed by atoms with Crippen LogP contribution in [0.25, 0.3) is 10.2 Å². The highest BCUT2D eigenvalue weighted by Gasteiger charge is 2.27. The molecule has 0 aliphatic carbocycles. The fourth-order valence-corrected chi connectivity index (χ4v) is 3.92. The molecule has 0 N–H and O–H groups in total. The number of rotatable bonds is 6. The Kier molecular flexibility index (Phi) is 7.76. The van der Waals surface area contributed by atoms with E-state index in [0.717, 1.165) is 12.1 Å². The molecule has 0 saturated heterocycles. The number of thiazole rings is 1. The summed E-state index contributed by atoms with van der Waals surface area (Å²) in [5.74, 6) is -2.14. The molecule has 0 aliphatic rings. The molecule has 0 aliphatic heterocycles. The van der Waals surface area contributed by atoms with Crippen molar-refractivity contribution in [2.24, 2.45) is 0 Å². The molecule has 0 bridgehead atoms. The Morgan fingerprint density at radius 3 is 2.41 bits per heavy atom. The molecule has 2 aromatic carbocycles. The van der Waals surface area contributed by atoms with Gasteiger partial charge in [-0.3, -0.25) is 9.69 Å². The van der Waals surface area contributed by atoms with E-state index in [1.807, 2.05) is 19.0 Å². The molecule has 1 aromatic heterocycles. The monoisotopic (exact) mass is 461 g/mol. The average molecular weight is 462 g/mol. The maximum Gasteiger partial charge on any atom is 0.266 e. The molecule has 1 amide bonds. The Morgan fingerprint density at radius 1 is 1.17 bits per heavy atom. The third-order valence-electron chi connectivity index (χ3n) is 4.09. The summed E-state index contributed by atoms with van der Waals surface area (Å²) in [4.78, 5) is 20.7. The number of amides is 1. The number of carbonyl (C=O) groups is 1. The first kappa shape index (κ1) is 23.3. The highest BCUT2D eigenvalue weighted by atomic mass is 35.5. The van der Waals surface area contributed by atoms with Crippen molar-refractivity contribution < 1.29 is 18.3 Å². The van der Waals surface area contributed by atoms with E-state index in [0.29, 0.717) is 27.5 Å². The summed E-state index contributed by atoms with van der Waals surface area (Å²) in [6, 6.07) is 6.68. The zero-order valence-electron chi connectivity index (χ0n) is 15.9. The molecule has 10 heteroatoms. The minimum atomic E-state index is -0.920. The molecule has 0 radical (unpaired) electrons. The zero-order valence-corrected chi connectivity index (χ0v) is 18.3. The Hall–Kier alpha value is -2.00. The summed E-state index contributed by atoms with van der Waals surface area (Å²) in [6.45, 7) is 0.669. The molecule has 156 valence electrons. The molecule has 0 spiro atoms. The molecule has 3 aromatic rings. The summed E-state index contributed by atoms with van der Waals surface area (Å²) in [7, 11) is 5.18. The SMILES string of the molecule is COc1ccc(Cl)c2sc(N(CCN(C)C)C(=O)c3c(F)cccc3F)nc12.Cl. The van der Waals surface area contributed by atoms with Gasteiger partial charge in [0.15, 0.2) is 5.13 Å². The van der Waals surface area contributed by atoms with Crippen molar-refractivity contribution in [3.05, 3.63) is 52.6 Å². The minimum absolute atomic E-state index is 0. The average Bonchev–Trinajstić information content (AvgIpc) is 3.08. The lowest BCUT2D eigenvalue weighted by atomic mass is 10.1. The number of fused-ring (bicyclic) bond motifs is 1. The van der Waals surface area contributed by atoms with Gasteiger partial charge in [0.1, 0.15) is 28.5 Å². The summed E-state index contributed by atoms with van der Waals surface area (Å²) in [5, 5.41) is 0.743. The number of carbonyl (C=O) groups excluding carboxylic acids is 1. The summed E-state index contributed by atoms with van der Waals surface area (Å²) >= 11 is 7.43. The van der Waals surface area contributed by atoms with Crippen LogP contribution in [0.1, 0.15) is 10.4 Å². The Balaban J connectivity index is 0.00000300. The van der Waals surface area contributed by atoms with Gasteiger partial charge in [0, 0.05) is 13.1 Å². The Bertz CT molecular complexity index is 1010. The Labute approximate surface area is 182 Å². The van der Waals surface area contributed by atoms with Gasteiger partial charge in [0.2, 0.25) is 0 Å². The van der Waals surface area contributed by atoms with Crippen molar-refractivity contribution in [2.45, 2.75) is 0 Å². The number of aromatic nitrogens is 1. The van der Waals surface area contributed by atoms with Gasteiger partial charge < -0.3 is 9.64 Å². The van der Waals surface area contributed by atoms with Crippen LogP contribution in [0.2, 0.25) is 5.02 Å². The number of methoxy groups -OCH3 is 1. The van der Waals surface area contributed by atoms with E-state index in [9.17, 15) is 13.6 Å². The third-order valence-corrected chi connectivity index (χ3v) is 5.63. The zero-order chi connectivity index (χ0) is 20.4. The quantitative estimate of drug-likeness (QED) is 0.525. The summed E-state index contributed by atoms with van der Waals surface area (Å²) in [5.41, 5.74) is -0.120. The van der Waals surface area contributed by atoms with E-state index in [2.05, 4.69) is 4.98 Å². The van der Waals surface area contributed by atoms with Crippen LogP contribution in [-0.4, -0.2) is 50.1 Å². The lowest BCUT2D eigenvalue weighted by Crippen LogP contribution is -2.37. The summed E-state index contributed by atoms with van der Waals surface area (Å²) in [6.07, 6.45) is 0. The van der Waals surface area contributed by atoms with Crippen LogP contribution in [0.15, 0.2) is 30.3 Å². The molecular formula is C19H19Cl2F2N3O2S. The smallest absolute Gasteiger partial charge is 0.266 e. The standard InChI is InChI=1S/C19H18ClF2N3O2S.ClH/c1-24(2)9-10-25(18(26)15-12(21)5-4-6-13(15)22)19-23-16-14(27-3)8-7-11(20)17(16)28-19;/h4-8H,9-10H2,1-3H3;1H. The van der Waals surface area contributed by atoms with Crippen molar-refractivity contribution in [3.63, 3.8) is 0 Å². The van der Waals surface area contributed by atoms with Crippen molar-refractivity contribution in [1.29, 1.82) is 0 Å². The van der Waals surface area contributed by atoms with Gasteiger partial charge in [-0.15, -0.1) is 12.4 Å². The first-order valence-corrected chi connectivity index (χ1v) is 9.56. The molecule has 0 atom stereocenters. The molecule has 0 unspecified atom stereocenters. The third kappa shape index (κ3) is 4.78. The fraction of sp³-hybridized carbons (Fsp3) is 0.263. The van der Waals surface area contributed by atoms with Gasteiger partial charge in [-0.2, -0.15) is 0 Å². The van der Waals surface area contributed by atoms with E-state index in [1.165, 1.54) is 29.4 Å². The second-order valence-electron chi connectivity index (χ2n) is 6.28. The van der Waals surface area contributed by atoms with Crippen LogP contribution in [0.4, 0.5) is 13.9 Å². The van der Waals surface area contributed by atoms with Crippen molar-refractivity contribution in [1.82, 2.24) is 9.88 Å². The van der Waals surface area contributed by atoms with Crippen molar-refractivity contribution in [2.75, 3.05) is 39.2 Å². The maximum absolute atomic E-state index is 14.2. The van der Waals surface area contributed by atoms with E-state index in [-0.39, 0.29) is 24.1 Å². The van der Waals surface area contributed by atoms with Crippen LogP contribution < -0.4 is 9.64 Å². The van der Waals surface area contributed by atoms with Crippen molar-refractivity contribution in [3.8, 4) is 5.75 Å². The largest absolute Gasteiger partial charge is 0.494 e. The minimum Gasteiger partial charge on any atom is -0.494 e. The van der Waals surface area contributed by atoms with Crippen LogP contribution in [-0.2, 0) is 0 Å². The van der Waals surface area contributed by atoms with Gasteiger partial charge in [0.05, 0.1) is 16.8 Å². The van der Waals surface area contributed by atoms with Crippen LogP contribution in [0.5, 0.6) is 5.75 Å². The van der Waals surface area contributed by atoms with Crippen LogP contribution >= 0.6 is 35.3 Å². The number of halogens is 4. The second-order valence-corrected chi connectivity index (χ2v) is 7.67. The predicted molar refractivity (Wildman–Crippen MR) is 115 cm³/mol. The maximum atomic E-state index is 14.2. The van der Waals surface area contributed by atoms with Gasteiger partial charge in [-0.25, -0.2) is 13.8 Å². The lowest BCUT2D eigenvalue weighted by molar-refractivity contribution is 0.0977. The highest BCUT2D eigenvalue weighted by Crippen LogP contribution is 2.39. The molecule has 5 nitrogen and oxygen atoms in total. The number of nitrogens with zero attached hydrogens (tertiary/aromatic N) is 3. The summed E-state index contributed by atoms with van der Waals surface area (Å²) < 4.78 is 34.4. The number of likely N-dealkylation sites (N-methyl/N-ethyl adjacent to an activating group) is 1. The van der Waals surface area contributed by atoms with Crippen molar-refractivity contribution >= 4 is 56.6 Å². The van der Waals surface area contributed by atoms with Gasteiger partial charge in [0.25, 0.3) is 5.91 Å². The van der Waals surface area contributed by atoms with E-state index >= 15 is 0 Å². The number of benzene rings is 2. The number of hydrogen-bond donors (Lipinski definition) is 0. The Morgan fingerprint density at radius 2 is 1.83 bits per heavy atom. The predicted octanol–water partition coefficient (Wildman–Crippen LogP) is 4.87. The molecular weight excluding hydrogens is 443 g/mol. The number of hydrogen-bond acceptors (Lipinski definition) is 5. The molecule has 1 heterocycles. The normalized spacial score (nSPS) is 10.9. The highest BCUT2D eigenvalue weighted by molar-refractivity contribution is 7.23. The molecule has 29 heavy (non-hydrogen) atoms. The van der Waals surface area contributed by atoms with Crippen LogP contribution in [0.3, 0.4) is 0 Å². The first-order chi connectivity index (χ1) is 13.3. The number of anilines is 1. The van der Waals surface area contributed by atoms with E-state index in [4.69, 9.17) is 16.3 Å². The lowest BCUT2D eigenvalue weighted by Gasteiger charge is -2.22. The topological polar surface area (TPSA) is 45.7 Å². The fourth-order valence-electron chi connectivity index (χ4n) is 2.64. The number of ether oxygens (including phenoxy) is 1. The first-order valence-electron chi connectivity index (χ1n) is 8.37. The van der Waals surface area contributed by atoms with Crippen LogP contribution in [0, 0.1) is 11.6 Å². The second kappa shape index (κ2) is 9.67. The van der Waals surface area contributed by atoms with E-state index < -0.39 is 23.1 Å².